The summed E-state index contributed by atoms with van der Waals surface area (Å²) < 4.78 is 44.1. The number of aliphatic hydroxyl groups excluding tert-OH is 1. The van der Waals surface area contributed by atoms with Gasteiger partial charge in [-0.3, -0.25) is 4.98 Å². The minimum atomic E-state index is -4.45. The van der Waals surface area contributed by atoms with Gasteiger partial charge in [0.25, 0.3) is 0 Å². The van der Waals surface area contributed by atoms with E-state index in [9.17, 15) is 23.1 Å². The van der Waals surface area contributed by atoms with Gasteiger partial charge in [-0.15, -0.1) is 10.2 Å². The highest BCUT2D eigenvalue weighted by molar-refractivity contribution is 6.32. The van der Waals surface area contributed by atoms with E-state index < -0.39 is 23.9 Å². The van der Waals surface area contributed by atoms with E-state index in [2.05, 4.69) is 20.5 Å². The molecule has 2 N–H and O–H groups in total. The minimum absolute atomic E-state index is 0.0274. The first kappa shape index (κ1) is 24.7. The summed E-state index contributed by atoms with van der Waals surface area (Å²) in [6.07, 6.45) is -1.86. The number of benzene rings is 1. The number of alkyl halides is 3. The van der Waals surface area contributed by atoms with Gasteiger partial charge in [-0.05, 0) is 48.7 Å². The molecule has 1 atom stereocenters. The molecule has 0 fully saturated rings. The number of aliphatic hydroxyl groups is 1. The molecule has 1 aliphatic rings. The summed E-state index contributed by atoms with van der Waals surface area (Å²) in [5.74, 6) is 0.360. The largest absolute Gasteiger partial charge is 0.422 e. The van der Waals surface area contributed by atoms with E-state index in [1.807, 2.05) is 6.08 Å². The van der Waals surface area contributed by atoms with Crippen molar-refractivity contribution in [2.45, 2.75) is 32.5 Å². The molecule has 1 aliphatic heterocycles. The average Bonchev–Trinajstić information content (AvgIpc) is 3.24. The summed E-state index contributed by atoms with van der Waals surface area (Å²) in [6, 6.07) is 4.62. The molecule has 12 heteroatoms. The number of halogens is 4. The third-order valence-electron chi connectivity index (χ3n) is 5.54. The smallest absolute Gasteiger partial charge is 0.416 e. The van der Waals surface area contributed by atoms with Crippen LogP contribution in [0.15, 0.2) is 41.0 Å². The predicted octanol–water partition coefficient (Wildman–Crippen LogP) is 5.16. The number of carbonyl (C=O) groups is 1. The molecule has 3 aromatic rings. The summed E-state index contributed by atoms with van der Waals surface area (Å²) in [4.78, 5) is 18.5. The summed E-state index contributed by atoms with van der Waals surface area (Å²) >= 11 is 6.41. The number of carbonyl (C=O) groups excluding carboxylic acids is 1. The fourth-order valence-electron chi connectivity index (χ4n) is 3.73. The lowest BCUT2D eigenvalue weighted by Crippen LogP contribution is -2.38. The summed E-state index contributed by atoms with van der Waals surface area (Å²) in [5.41, 5.74) is 1.33. The Morgan fingerprint density at radius 1 is 1.26 bits per heavy atom. The van der Waals surface area contributed by atoms with Crippen molar-refractivity contribution >= 4 is 28.9 Å². The number of nitrogens with one attached hydrogen (secondary N) is 1. The maximum absolute atomic E-state index is 12.9. The van der Waals surface area contributed by atoms with E-state index >= 15 is 0 Å². The van der Waals surface area contributed by atoms with Crippen LogP contribution in [0.1, 0.15) is 46.7 Å². The topological polar surface area (TPSA) is 104 Å². The van der Waals surface area contributed by atoms with Gasteiger partial charge in [0.05, 0.1) is 16.3 Å². The number of anilines is 1. The number of nitrogens with zero attached hydrogens (tertiary/aromatic N) is 4. The van der Waals surface area contributed by atoms with Crippen LogP contribution in [0.5, 0.6) is 0 Å². The number of urea groups is 1. The molecule has 1 aromatic carbocycles. The van der Waals surface area contributed by atoms with E-state index in [-0.39, 0.29) is 23.7 Å². The Kier molecular flexibility index (Phi) is 6.82. The van der Waals surface area contributed by atoms with Gasteiger partial charge < -0.3 is 19.7 Å². The molecular formula is C23H21ClF3N5O3. The van der Waals surface area contributed by atoms with Gasteiger partial charge in [-0.1, -0.05) is 17.7 Å². The molecule has 3 heterocycles. The van der Waals surface area contributed by atoms with E-state index in [1.54, 1.807) is 13.0 Å². The maximum atomic E-state index is 12.9. The first-order chi connectivity index (χ1) is 16.5. The molecule has 0 saturated heterocycles. The quantitative estimate of drug-likeness (QED) is 0.505. The third kappa shape index (κ3) is 5.46. The first-order valence-corrected chi connectivity index (χ1v) is 11.0. The van der Waals surface area contributed by atoms with Crippen molar-refractivity contribution in [3.8, 4) is 0 Å². The molecule has 0 saturated carbocycles. The van der Waals surface area contributed by atoms with E-state index in [1.165, 1.54) is 30.2 Å². The number of aromatic nitrogens is 3. The molecule has 184 valence electrons. The highest BCUT2D eigenvalue weighted by Gasteiger charge is 2.32. The maximum Gasteiger partial charge on any atom is 0.416 e. The summed E-state index contributed by atoms with van der Waals surface area (Å²) in [6.45, 7) is 3.59. The summed E-state index contributed by atoms with van der Waals surface area (Å²) in [7, 11) is 0. The van der Waals surface area contributed by atoms with Crippen LogP contribution in [0.3, 0.4) is 0 Å². The molecule has 35 heavy (non-hydrogen) atoms. The van der Waals surface area contributed by atoms with Crippen molar-refractivity contribution in [1.82, 2.24) is 20.1 Å². The van der Waals surface area contributed by atoms with Gasteiger partial charge >= 0.3 is 12.2 Å². The molecule has 2 aromatic heterocycles. The lowest BCUT2D eigenvalue weighted by molar-refractivity contribution is -0.138. The Balaban J connectivity index is 1.41. The molecule has 8 nitrogen and oxygen atoms in total. The van der Waals surface area contributed by atoms with Gasteiger partial charge in [0.15, 0.2) is 6.10 Å². The van der Waals surface area contributed by atoms with Crippen molar-refractivity contribution in [2.75, 3.05) is 18.4 Å². The zero-order chi connectivity index (χ0) is 25.3. The highest BCUT2D eigenvalue weighted by Crippen LogP contribution is 2.33. The Labute approximate surface area is 203 Å². The SMILES string of the molecule is Cc1nnc(C(O)c2cnc(C3=CCN(C(=O)Nc4ccc(C(F)(F)F)c(C)c4)CC3)c(Cl)c2)o1. The van der Waals surface area contributed by atoms with Crippen LogP contribution in [0.2, 0.25) is 5.02 Å². The van der Waals surface area contributed by atoms with Gasteiger partial charge in [0, 0.05) is 37.5 Å². The van der Waals surface area contributed by atoms with Crippen LogP contribution in [0, 0.1) is 13.8 Å². The number of aryl methyl sites for hydroxylation is 2. The molecule has 1 unspecified atom stereocenters. The summed E-state index contributed by atoms with van der Waals surface area (Å²) in [5, 5.41) is 20.8. The van der Waals surface area contributed by atoms with Crippen molar-refractivity contribution in [3.63, 3.8) is 0 Å². The van der Waals surface area contributed by atoms with E-state index in [0.29, 0.717) is 35.1 Å². The van der Waals surface area contributed by atoms with Gasteiger partial charge in [-0.2, -0.15) is 13.2 Å². The van der Waals surface area contributed by atoms with Crippen LogP contribution >= 0.6 is 11.6 Å². The van der Waals surface area contributed by atoms with Crippen LogP contribution in [0.25, 0.3) is 5.57 Å². The second-order valence-electron chi connectivity index (χ2n) is 8.04. The Morgan fingerprint density at radius 3 is 2.60 bits per heavy atom. The van der Waals surface area contributed by atoms with Crippen LogP contribution in [-0.2, 0) is 6.18 Å². The molecule has 0 radical (unpaired) electrons. The zero-order valence-electron chi connectivity index (χ0n) is 18.7. The average molecular weight is 508 g/mol. The van der Waals surface area contributed by atoms with Gasteiger partial charge in [0.2, 0.25) is 11.8 Å². The third-order valence-corrected chi connectivity index (χ3v) is 5.83. The van der Waals surface area contributed by atoms with Crippen molar-refractivity contribution in [1.29, 1.82) is 0 Å². The fraction of sp³-hybridized carbons (Fsp3) is 0.304. The van der Waals surface area contributed by atoms with Gasteiger partial charge in [-0.25, -0.2) is 4.79 Å². The molecule has 0 aliphatic carbocycles. The molecule has 0 bridgehead atoms. The number of hydrogen-bond donors (Lipinski definition) is 2. The van der Waals surface area contributed by atoms with Crippen LogP contribution < -0.4 is 5.32 Å². The molecule has 2 amide bonds. The van der Waals surface area contributed by atoms with Crippen LogP contribution in [0.4, 0.5) is 23.7 Å². The van der Waals surface area contributed by atoms with Gasteiger partial charge in [0.1, 0.15) is 0 Å². The molecular weight excluding hydrogens is 487 g/mol. The van der Waals surface area contributed by atoms with Crippen LogP contribution in [-0.4, -0.2) is 44.3 Å². The van der Waals surface area contributed by atoms with Crippen molar-refractivity contribution in [2.24, 2.45) is 0 Å². The van der Waals surface area contributed by atoms with Crippen molar-refractivity contribution < 1.29 is 27.5 Å². The Morgan fingerprint density at radius 2 is 2.03 bits per heavy atom. The second kappa shape index (κ2) is 9.67. The number of amides is 2. The minimum Gasteiger partial charge on any atom is -0.422 e. The second-order valence-corrected chi connectivity index (χ2v) is 8.45. The Hall–Kier alpha value is -3.44. The predicted molar refractivity (Wildman–Crippen MR) is 122 cm³/mol. The van der Waals surface area contributed by atoms with Crippen molar-refractivity contribution in [3.05, 3.63) is 75.7 Å². The standard InChI is InChI=1S/C23H21ClF3N5O3/c1-12-9-16(3-4-17(12)23(25,26)27)29-22(34)32-7-5-14(6-8-32)19-18(24)10-15(11-28-19)20(33)21-31-30-13(2)35-21/h3-5,9-11,20,33H,6-8H2,1-2H3,(H,29,34). The molecule has 4 rings (SSSR count). The highest BCUT2D eigenvalue weighted by atomic mass is 35.5. The number of pyridine rings is 1. The van der Waals surface area contributed by atoms with E-state index in [0.717, 1.165) is 11.6 Å². The lowest BCUT2D eigenvalue weighted by Gasteiger charge is -2.27. The first-order valence-electron chi connectivity index (χ1n) is 10.6. The number of rotatable bonds is 4. The zero-order valence-corrected chi connectivity index (χ0v) is 19.5. The fourth-order valence-corrected chi connectivity index (χ4v) is 4.03. The molecule has 0 spiro atoms. The lowest BCUT2D eigenvalue weighted by atomic mass is 10.0. The normalized spacial score (nSPS) is 15.1. The monoisotopic (exact) mass is 507 g/mol. The van der Waals surface area contributed by atoms with E-state index in [4.69, 9.17) is 16.0 Å². The number of hydrogen-bond acceptors (Lipinski definition) is 6. The Bertz CT molecular complexity index is 1290.